The molecule has 0 spiro atoms. The second-order valence-electron chi connectivity index (χ2n) is 8.90. The van der Waals surface area contributed by atoms with Crippen molar-refractivity contribution in [2.24, 2.45) is 0 Å². The van der Waals surface area contributed by atoms with Crippen LogP contribution in [0.25, 0.3) is 0 Å². The summed E-state index contributed by atoms with van der Waals surface area (Å²) < 4.78 is 24.2. The van der Waals surface area contributed by atoms with Gasteiger partial charge < -0.3 is 18.6 Å². The van der Waals surface area contributed by atoms with Gasteiger partial charge in [-0.15, -0.1) is 0 Å². The first-order valence-electron chi connectivity index (χ1n) is 8.43. The molecule has 0 aliphatic heterocycles. The number of hydrogen-bond acceptors (Lipinski definition) is 4. The third kappa shape index (κ3) is 7.24. The fraction of sp³-hybridized carbons (Fsp3) is 0.684. The van der Waals surface area contributed by atoms with E-state index in [1.54, 1.807) is 0 Å². The molecule has 0 bridgehead atoms. The summed E-state index contributed by atoms with van der Waals surface area (Å²) in [4.78, 5) is 0. The first-order chi connectivity index (χ1) is 10.7. The van der Waals surface area contributed by atoms with Gasteiger partial charge in [0.15, 0.2) is 17.8 Å². The quantitative estimate of drug-likeness (QED) is 0.588. The van der Waals surface area contributed by atoms with Crippen molar-refractivity contribution < 1.29 is 18.6 Å². The molecule has 0 fully saturated rings. The monoisotopic (exact) mass is 354 g/mol. The Kier molecular flexibility index (Phi) is 6.53. The molecule has 1 aromatic rings. The Labute approximate surface area is 150 Å². The van der Waals surface area contributed by atoms with E-state index in [2.05, 4.69) is 0 Å². The van der Waals surface area contributed by atoms with Crippen molar-refractivity contribution >= 4 is 10.5 Å². The van der Waals surface area contributed by atoms with E-state index in [4.69, 9.17) is 18.6 Å². The van der Waals surface area contributed by atoms with Crippen LogP contribution in [0.4, 0.5) is 0 Å². The molecule has 0 aromatic heterocycles. The number of rotatable bonds is 5. The Balaban J connectivity index is 3.38. The lowest BCUT2D eigenvalue weighted by atomic mass is 10.1. The van der Waals surface area contributed by atoms with Crippen molar-refractivity contribution in [3.8, 4) is 11.5 Å². The van der Waals surface area contributed by atoms with Crippen molar-refractivity contribution in [3.63, 3.8) is 0 Å². The van der Waals surface area contributed by atoms with Crippen molar-refractivity contribution in [2.75, 3.05) is 0 Å². The van der Waals surface area contributed by atoms with Gasteiger partial charge in [0.2, 0.25) is 0 Å². The minimum atomic E-state index is -0.475. The summed E-state index contributed by atoms with van der Waals surface area (Å²) in [6.07, 6.45) is -0.475. The van der Waals surface area contributed by atoms with Crippen LogP contribution in [0.5, 0.6) is 11.5 Å². The van der Waals surface area contributed by atoms with E-state index in [1.807, 2.05) is 80.5 Å². The third-order valence-corrected chi connectivity index (χ3v) is 3.19. The molecule has 5 heteroatoms. The maximum atomic E-state index is 6.24. The van der Waals surface area contributed by atoms with E-state index < -0.39 is 6.29 Å². The maximum absolute atomic E-state index is 6.24. The van der Waals surface area contributed by atoms with E-state index in [1.165, 1.54) is 0 Å². The maximum Gasteiger partial charge on any atom is 0.178 e. The molecule has 0 aliphatic rings. The second-order valence-corrected chi connectivity index (χ2v) is 9.37. The normalized spacial score (nSPS) is 14.5. The Morgan fingerprint density at radius 1 is 0.792 bits per heavy atom. The molecule has 1 aromatic carbocycles. The lowest BCUT2D eigenvalue weighted by Crippen LogP contribution is -2.29. The summed E-state index contributed by atoms with van der Waals surface area (Å²) in [5.41, 5.74) is -0.147. The van der Waals surface area contributed by atoms with Crippen LogP contribution in [0.3, 0.4) is 0 Å². The topological polar surface area (TPSA) is 36.9 Å². The molecule has 0 heterocycles. The summed E-state index contributed by atoms with van der Waals surface area (Å²) in [6.45, 7) is 18.2. The molecule has 0 saturated heterocycles. The lowest BCUT2D eigenvalue weighted by Gasteiger charge is -2.32. The van der Waals surface area contributed by atoms with Gasteiger partial charge in [-0.2, -0.15) is 0 Å². The minimum Gasteiger partial charge on any atom is -0.484 e. The van der Waals surface area contributed by atoms with Crippen LogP contribution in [0.2, 0.25) is 0 Å². The predicted molar refractivity (Wildman–Crippen MR) is 102 cm³/mol. The van der Waals surface area contributed by atoms with Crippen LogP contribution in [-0.4, -0.2) is 27.3 Å². The number of para-hydroxylation sites is 1. The molecular formula is C19H34O4Si. The Hall–Kier alpha value is -1.04. The van der Waals surface area contributed by atoms with Gasteiger partial charge in [0.05, 0.1) is 11.2 Å². The van der Waals surface area contributed by atoms with E-state index in [-0.39, 0.29) is 16.8 Å². The Morgan fingerprint density at radius 2 is 1.33 bits per heavy atom. The van der Waals surface area contributed by atoms with Crippen molar-refractivity contribution in [2.45, 2.75) is 85.4 Å². The molecule has 0 aliphatic carbocycles. The fourth-order valence-electron chi connectivity index (χ4n) is 2.10. The molecule has 1 atom stereocenters. The smallest absolute Gasteiger partial charge is 0.178 e. The zero-order valence-corrected chi connectivity index (χ0v) is 18.9. The predicted octanol–water partition coefficient (Wildman–Crippen LogP) is 4.15. The molecule has 138 valence electrons. The van der Waals surface area contributed by atoms with E-state index >= 15 is 0 Å². The Bertz CT molecular complexity index is 536. The molecule has 0 N–H and O–H groups in total. The molecular weight excluding hydrogens is 320 g/mol. The number of ether oxygens (including phenoxy) is 3. The SMILES string of the molecule is CC(C)(C)Oc1cccc(C(O[SiH3])OC(C)(C)C)c1OC(C)(C)C. The van der Waals surface area contributed by atoms with Crippen molar-refractivity contribution in [1.29, 1.82) is 0 Å². The van der Waals surface area contributed by atoms with Crippen LogP contribution in [0.15, 0.2) is 18.2 Å². The first-order valence-corrected chi connectivity index (χ1v) is 9.25. The minimum absolute atomic E-state index is 0.323. The van der Waals surface area contributed by atoms with Gasteiger partial charge in [0.25, 0.3) is 0 Å². The average Bonchev–Trinajstić information content (AvgIpc) is 2.34. The molecule has 0 radical (unpaired) electrons. The van der Waals surface area contributed by atoms with Crippen molar-refractivity contribution in [1.82, 2.24) is 0 Å². The van der Waals surface area contributed by atoms with Crippen molar-refractivity contribution in [3.05, 3.63) is 23.8 Å². The van der Waals surface area contributed by atoms with Gasteiger partial charge in [-0.1, -0.05) is 6.07 Å². The Morgan fingerprint density at radius 3 is 1.75 bits per heavy atom. The van der Waals surface area contributed by atoms with Gasteiger partial charge in [0.1, 0.15) is 21.7 Å². The zero-order chi connectivity index (χ0) is 18.8. The summed E-state index contributed by atoms with van der Waals surface area (Å²) >= 11 is 0. The highest BCUT2D eigenvalue weighted by Crippen LogP contribution is 2.41. The second kappa shape index (κ2) is 7.46. The fourth-order valence-corrected chi connectivity index (χ4v) is 2.45. The standard InChI is InChI=1S/C19H34O4Si/c1-17(2,3)20-14-12-10-11-13(15(14)21-18(4,5)6)16(23-24)22-19(7,8)9/h10-12,16H,1-9,24H3. The average molecular weight is 355 g/mol. The van der Waals surface area contributed by atoms with Gasteiger partial charge in [-0.05, 0) is 74.4 Å². The van der Waals surface area contributed by atoms with Crippen LogP contribution < -0.4 is 9.47 Å². The summed E-state index contributed by atoms with van der Waals surface area (Å²) in [5.74, 6) is 1.39. The van der Waals surface area contributed by atoms with Gasteiger partial charge in [-0.3, -0.25) is 0 Å². The molecule has 1 rings (SSSR count). The zero-order valence-electron chi connectivity index (χ0n) is 16.9. The molecule has 24 heavy (non-hydrogen) atoms. The van der Waals surface area contributed by atoms with E-state index in [0.717, 1.165) is 5.56 Å². The molecule has 0 saturated carbocycles. The van der Waals surface area contributed by atoms with Crippen LogP contribution in [-0.2, 0) is 9.16 Å². The lowest BCUT2D eigenvalue weighted by molar-refractivity contribution is -0.154. The summed E-state index contributed by atoms with van der Waals surface area (Å²) in [7, 11) is 0.559. The van der Waals surface area contributed by atoms with Crippen LogP contribution >= 0.6 is 0 Å². The number of benzene rings is 1. The molecule has 4 nitrogen and oxygen atoms in total. The number of hydrogen-bond donors (Lipinski definition) is 0. The third-order valence-electron chi connectivity index (χ3n) is 2.76. The van der Waals surface area contributed by atoms with E-state index in [9.17, 15) is 0 Å². The van der Waals surface area contributed by atoms with E-state index in [0.29, 0.717) is 22.0 Å². The highest BCUT2D eigenvalue weighted by molar-refractivity contribution is 5.98. The summed E-state index contributed by atoms with van der Waals surface area (Å²) in [5, 5.41) is 0. The molecule has 1 unspecified atom stereocenters. The first kappa shape index (κ1) is 21.0. The largest absolute Gasteiger partial charge is 0.484 e. The highest BCUT2D eigenvalue weighted by Gasteiger charge is 2.28. The highest BCUT2D eigenvalue weighted by atomic mass is 28.2. The van der Waals surface area contributed by atoms with Crippen LogP contribution in [0.1, 0.15) is 74.2 Å². The van der Waals surface area contributed by atoms with Gasteiger partial charge >= 0.3 is 0 Å². The molecule has 0 amide bonds. The van der Waals surface area contributed by atoms with Crippen LogP contribution in [0, 0.1) is 0 Å². The van der Waals surface area contributed by atoms with Gasteiger partial charge in [0, 0.05) is 0 Å². The van der Waals surface area contributed by atoms with Gasteiger partial charge in [-0.25, -0.2) is 0 Å². The summed E-state index contributed by atoms with van der Waals surface area (Å²) in [6, 6.07) is 5.85.